The van der Waals surface area contributed by atoms with Crippen LogP contribution in [-0.2, 0) is 4.79 Å². The first-order chi connectivity index (χ1) is 10.7. The van der Waals surface area contributed by atoms with Gasteiger partial charge < -0.3 is 5.73 Å². The lowest BCUT2D eigenvalue weighted by atomic mass is 9.83. The molecule has 0 heterocycles. The second kappa shape index (κ2) is 23.7. The van der Waals surface area contributed by atoms with Crippen molar-refractivity contribution in [3.05, 3.63) is 0 Å². The van der Waals surface area contributed by atoms with Crippen LogP contribution < -0.4 is 5.73 Å². The van der Waals surface area contributed by atoms with E-state index in [4.69, 9.17) is 5.73 Å². The normalized spacial score (nSPS) is 9.70. The predicted octanol–water partition coefficient (Wildman–Crippen LogP) is 7.35. The zero-order chi connectivity index (χ0) is 19.3. The first-order valence-corrected chi connectivity index (χ1v) is 10.0. The van der Waals surface area contributed by atoms with Gasteiger partial charge in [0.05, 0.1) is 0 Å². The number of unbranched alkanes of at least 4 members (excludes halogenated alkanes) is 3. The number of carbonyl (C=O) groups excluding carboxylic acids is 1. The Bertz CT molecular complexity index is 210. The lowest BCUT2D eigenvalue weighted by Crippen LogP contribution is -2.22. The lowest BCUT2D eigenvalue weighted by molar-refractivity contribution is -0.120. The van der Waals surface area contributed by atoms with Crippen LogP contribution in [0.3, 0.4) is 0 Å². The van der Waals surface area contributed by atoms with Crippen LogP contribution in [0, 0.1) is 11.3 Å². The molecule has 0 fully saturated rings. The number of rotatable bonds is 9. The molecule has 0 aromatic heterocycles. The molecular formula is C21H49NO. The number of carbonyl (C=O) groups is 1. The average molecular weight is 332 g/mol. The Morgan fingerprint density at radius 1 is 0.913 bits per heavy atom. The van der Waals surface area contributed by atoms with E-state index in [1.165, 1.54) is 38.5 Å². The van der Waals surface area contributed by atoms with Crippen molar-refractivity contribution in [1.29, 1.82) is 0 Å². The van der Waals surface area contributed by atoms with E-state index < -0.39 is 0 Å². The highest BCUT2D eigenvalue weighted by molar-refractivity contribution is 5.74. The van der Waals surface area contributed by atoms with Gasteiger partial charge in [0, 0.05) is 6.42 Å². The van der Waals surface area contributed by atoms with Gasteiger partial charge in [0.1, 0.15) is 0 Å². The largest absolute Gasteiger partial charge is 0.370 e. The highest BCUT2D eigenvalue weighted by atomic mass is 16.1. The molecule has 0 aromatic carbocycles. The van der Waals surface area contributed by atoms with E-state index >= 15 is 0 Å². The van der Waals surface area contributed by atoms with Gasteiger partial charge in [-0.15, -0.1) is 0 Å². The smallest absolute Gasteiger partial charge is 0.217 e. The summed E-state index contributed by atoms with van der Waals surface area (Å²) in [7, 11) is 0. The highest BCUT2D eigenvalue weighted by Gasteiger charge is 2.19. The van der Waals surface area contributed by atoms with Gasteiger partial charge in [-0.1, -0.05) is 108 Å². The molecule has 0 aromatic rings. The standard InChI is InChI=1S/C11H23NO.C6H14.2C2H6/c1-4-5-6-7-8-11(2,3)9-10(12)13;1-4-5-6(2)3;2*1-2/h4-9H2,1-3H3,(H2,12,13);6H,4-5H2,1-3H3;2*1-2H3. The molecule has 23 heavy (non-hydrogen) atoms. The molecule has 0 spiro atoms. The minimum absolute atomic E-state index is 0.0968. The van der Waals surface area contributed by atoms with E-state index in [0.717, 1.165) is 12.3 Å². The summed E-state index contributed by atoms with van der Waals surface area (Å²) in [6.07, 6.45) is 9.38. The fraction of sp³-hybridized carbons (Fsp3) is 0.952. The maximum atomic E-state index is 10.7. The quantitative estimate of drug-likeness (QED) is 0.441. The van der Waals surface area contributed by atoms with E-state index in [-0.39, 0.29) is 11.3 Å². The van der Waals surface area contributed by atoms with Crippen LogP contribution >= 0.6 is 0 Å². The Morgan fingerprint density at radius 3 is 1.65 bits per heavy atom. The van der Waals surface area contributed by atoms with Crippen molar-refractivity contribution in [1.82, 2.24) is 0 Å². The van der Waals surface area contributed by atoms with E-state index in [1.807, 2.05) is 27.7 Å². The van der Waals surface area contributed by atoms with Crippen LogP contribution in [0.1, 0.15) is 121 Å². The molecule has 0 aliphatic heterocycles. The maximum Gasteiger partial charge on any atom is 0.217 e. The molecule has 1 amide bonds. The highest BCUT2D eigenvalue weighted by Crippen LogP contribution is 2.27. The SMILES string of the molecule is CC.CC.CCCC(C)C.CCCCCCC(C)(C)CC(N)=O. The van der Waals surface area contributed by atoms with E-state index in [1.54, 1.807) is 0 Å². The van der Waals surface area contributed by atoms with E-state index in [2.05, 4.69) is 41.5 Å². The van der Waals surface area contributed by atoms with Crippen molar-refractivity contribution in [2.45, 2.75) is 121 Å². The van der Waals surface area contributed by atoms with Crippen LogP contribution in [0.15, 0.2) is 0 Å². The summed E-state index contributed by atoms with van der Waals surface area (Å²) in [5.74, 6) is 0.718. The van der Waals surface area contributed by atoms with Crippen molar-refractivity contribution in [3.8, 4) is 0 Å². The van der Waals surface area contributed by atoms with Crippen LogP contribution in [-0.4, -0.2) is 5.91 Å². The van der Waals surface area contributed by atoms with Gasteiger partial charge in [-0.05, 0) is 17.8 Å². The summed E-state index contributed by atoms with van der Waals surface area (Å²) in [4.78, 5) is 10.7. The van der Waals surface area contributed by atoms with Gasteiger partial charge in [0.15, 0.2) is 0 Å². The summed E-state index contributed by atoms with van der Waals surface area (Å²) in [5, 5.41) is 0. The first kappa shape index (κ1) is 30.4. The molecule has 0 saturated carbocycles. The zero-order valence-corrected chi connectivity index (χ0v) is 18.2. The third-order valence-electron chi connectivity index (χ3n) is 3.23. The third kappa shape index (κ3) is 38.9. The van der Waals surface area contributed by atoms with Gasteiger partial charge in [0.2, 0.25) is 5.91 Å². The molecule has 2 heteroatoms. The molecule has 0 saturated heterocycles. The summed E-state index contributed by atoms with van der Waals surface area (Å²) < 4.78 is 0. The molecule has 0 aliphatic carbocycles. The maximum absolute atomic E-state index is 10.7. The Hall–Kier alpha value is -0.530. The third-order valence-corrected chi connectivity index (χ3v) is 3.23. The number of primary amides is 1. The Morgan fingerprint density at radius 2 is 1.39 bits per heavy atom. The van der Waals surface area contributed by atoms with Gasteiger partial charge in [-0.3, -0.25) is 4.79 Å². The zero-order valence-electron chi connectivity index (χ0n) is 18.2. The van der Waals surface area contributed by atoms with Gasteiger partial charge >= 0.3 is 0 Å². The van der Waals surface area contributed by atoms with Crippen molar-refractivity contribution in [3.63, 3.8) is 0 Å². The Balaban J connectivity index is -0.000000151. The topological polar surface area (TPSA) is 43.1 Å². The van der Waals surface area contributed by atoms with Crippen molar-refractivity contribution in [2.75, 3.05) is 0 Å². The molecule has 0 aliphatic rings. The number of hydrogen-bond acceptors (Lipinski definition) is 1. The molecule has 2 N–H and O–H groups in total. The molecule has 0 atom stereocenters. The molecule has 0 rings (SSSR count). The Kier molecular flexibility index (Phi) is 31.3. The van der Waals surface area contributed by atoms with Crippen molar-refractivity contribution in [2.24, 2.45) is 17.1 Å². The van der Waals surface area contributed by atoms with Crippen LogP contribution in [0.2, 0.25) is 0 Å². The molecular weight excluding hydrogens is 282 g/mol. The van der Waals surface area contributed by atoms with Crippen molar-refractivity contribution >= 4 is 5.91 Å². The fourth-order valence-electron chi connectivity index (χ4n) is 2.17. The summed E-state index contributed by atoms with van der Waals surface area (Å²) in [5.41, 5.74) is 5.27. The van der Waals surface area contributed by atoms with E-state index in [0.29, 0.717) is 6.42 Å². The number of nitrogens with two attached hydrogens (primary N) is 1. The molecule has 2 nitrogen and oxygen atoms in total. The van der Waals surface area contributed by atoms with Gasteiger partial charge in [-0.25, -0.2) is 0 Å². The summed E-state index contributed by atoms with van der Waals surface area (Å²) in [6.45, 7) is 21.2. The van der Waals surface area contributed by atoms with Crippen LogP contribution in [0.25, 0.3) is 0 Å². The summed E-state index contributed by atoms with van der Waals surface area (Å²) in [6, 6.07) is 0. The average Bonchev–Trinajstić information content (AvgIpc) is 2.47. The monoisotopic (exact) mass is 331 g/mol. The second-order valence-electron chi connectivity index (χ2n) is 6.80. The van der Waals surface area contributed by atoms with E-state index in [9.17, 15) is 4.79 Å². The fourth-order valence-corrected chi connectivity index (χ4v) is 2.17. The molecule has 0 radical (unpaired) electrons. The van der Waals surface area contributed by atoms with Crippen molar-refractivity contribution < 1.29 is 4.79 Å². The molecule has 0 bridgehead atoms. The minimum Gasteiger partial charge on any atom is -0.370 e. The second-order valence-corrected chi connectivity index (χ2v) is 6.80. The van der Waals surface area contributed by atoms with Gasteiger partial charge in [-0.2, -0.15) is 0 Å². The Labute approximate surface area is 149 Å². The first-order valence-electron chi connectivity index (χ1n) is 10.0. The summed E-state index contributed by atoms with van der Waals surface area (Å²) >= 11 is 0. The van der Waals surface area contributed by atoms with Gasteiger partial charge in [0.25, 0.3) is 0 Å². The van der Waals surface area contributed by atoms with Crippen LogP contribution in [0.4, 0.5) is 0 Å². The minimum atomic E-state index is -0.180. The molecule has 0 unspecified atom stereocenters. The number of hydrogen-bond donors (Lipinski definition) is 1. The number of amides is 1. The van der Waals surface area contributed by atoms with Crippen LogP contribution in [0.5, 0.6) is 0 Å². The lowest BCUT2D eigenvalue weighted by Gasteiger charge is -2.22. The predicted molar refractivity (Wildman–Crippen MR) is 109 cm³/mol. The molecule has 144 valence electrons.